The average Bonchev–Trinajstić information content (AvgIpc) is 3.37. The second-order valence-electron chi connectivity index (χ2n) is 10.8. The molecule has 1 saturated carbocycles. The number of hydrogen-bond donors (Lipinski definition) is 2. The van der Waals surface area contributed by atoms with Gasteiger partial charge >= 0.3 is 16.0 Å². The third-order valence-corrected chi connectivity index (χ3v) is 8.90. The number of carbonyl (C=O) groups is 1. The standard InChI is InChI=1S/C22H34FN5O5S/c1-14(2)20-26-18(27-33-20)8-15-6-7-22(5,21(15,3)4)25-11-19(29)28(13-34(30,31)32)12-16(23)9-17(28)10-24/h14-17,25H,6-9,11-13H2,1-5H3/p+1/t15-,16-,17-,22-,28?/m0/s1. The number of nitrogens with one attached hydrogen (secondary N) is 1. The van der Waals surface area contributed by atoms with Crippen LogP contribution in [0.2, 0.25) is 0 Å². The van der Waals surface area contributed by atoms with Crippen molar-refractivity contribution in [2.24, 2.45) is 11.3 Å². The van der Waals surface area contributed by atoms with Crippen molar-refractivity contribution in [1.82, 2.24) is 15.5 Å². The van der Waals surface area contributed by atoms with Gasteiger partial charge < -0.3 is 4.52 Å². The topological polar surface area (TPSA) is 146 Å². The molecule has 0 bridgehead atoms. The van der Waals surface area contributed by atoms with Crippen molar-refractivity contribution < 1.29 is 31.2 Å². The Bertz CT molecular complexity index is 1070. The molecule has 5 atom stereocenters. The van der Waals surface area contributed by atoms with E-state index in [4.69, 9.17) is 4.52 Å². The molecule has 1 aliphatic carbocycles. The van der Waals surface area contributed by atoms with E-state index in [2.05, 4.69) is 29.3 Å². The maximum Gasteiger partial charge on any atom is 0.329 e. The normalized spacial score (nSPS) is 33.3. The predicted octanol–water partition coefficient (Wildman–Crippen LogP) is 2.34. The van der Waals surface area contributed by atoms with Crippen molar-refractivity contribution >= 4 is 16.0 Å². The minimum absolute atomic E-state index is 0.140. The van der Waals surface area contributed by atoms with Gasteiger partial charge in [0.15, 0.2) is 18.0 Å². The van der Waals surface area contributed by atoms with E-state index in [1.54, 1.807) is 0 Å². The van der Waals surface area contributed by atoms with Crippen LogP contribution in [-0.2, 0) is 21.3 Å². The van der Waals surface area contributed by atoms with Gasteiger partial charge in [-0.1, -0.05) is 32.9 Å². The minimum atomic E-state index is -4.62. The molecule has 2 N–H and O–H groups in total. The number of nitriles is 1. The number of carbonyl (C=O) groups excluding carboxylic acids is 1. The molecular weight excluding hydrogens is 465 g/mol. The largest absolute Gasteiger partial charge is 0.339 e. The van der Waals surface area contributed by atoms with Gasteiger partial charge in [-0.15, -0.1) is 0 Å². The number of nitrogens with zero attached hydrogens (tertiary/aromatic N) is 4. The number of hydrogen-bond acceptors (Lipinski definition) is 8. The van der Waals surface area contributed by atoms with Crippen LogP contribution < -0.4 is 5.32 Å². The van der Waals surface area contributed by atoms with Gasteiger partial charge in [-0.05, 0) is 31.1 Å². The molecule has 2 aliphatic rings. The van der Waals surface area contributed by atoms with Gasteiger partial charge in [0.1, 0.15) is 19.2 Å². The Morgan fingerprint density at radius 2 is 2.09 bits per heavy atom. The van der Waals surface area contributed by atoms with E-state index >= 15 is 0 Å². The quantitative estimate of drug-likeness (QED) is 0.405. The lowest BCUT2D eigenvalue weighted by atomic mass is 9.70. The first-order valence-electron chi connectivity index (χ1n) is 11.6. The van der Waals surface area contributed by atoms with Gasteiger partial charge in [0.2, 0.25) is 11.8 Å². The summed E-state index contributed by atoms with van der Waals surface area (Å²) in [6.45, 7) is 9.47. The molecule has 10 nitrogen and oxygen atoms in total. The Morgan fingerprint density at radius 1 is 1.41 bits per heavy atom. The molecule has 1 aromatic heterocycles. The average molecular weight is 501 g/mol. The van der Waals surface area contributed by atoms with Gasteiger partial charge in [0, 0.05) is 17.9 Å². The zero-order chi connectivity index (χ0) is 25.5. The first-order chi connectivity index (χ1) is 15.6. The van der Waals surface area contributed by atoms with Gasteiger partial charge in [-0.3, -0.25) is 9.87 Å². The third-order valence-electron chi connectivity index (χ3n) is 8.11. The zero-order valence-electron chi connectivity index (χ0n) is 20.4. The maximum atomic E-state index is 14.2. The van der Waals surface area contributed by atoms with Gasteiger partial charge in [-0.2, -0.15) is 18.7 Å². The highest BCUT2D eigenvalue weighted by Gasteiger charge is 2.56. The van der Waals surface area contributed by atoms with Gasteiger partial charge in [-0.25, -0.2) is 13.7 Å². The number of halogens is 1. The Balaban J connectivity index is 1.75. The zero-order valence-corrected chi connectivity index (χ0v) is 21.2. The summed E-state index contributed by atoms with van der Waals surface area (Å²) in [7, 11) is -4.62. The SMILES string of the molecule is CC(C)c1nc(C[C@@H]2CC[C@](C)(NCC(=O)[N+]3(CS(=O)(=O)O)C[C@@H](F)C[C@H]3C#N)C2(C)C)no1. The molecule has 190 valence electrons. The number of likely N-dealkylation sites (tertiary alicyclic amines) is 1. The van der Waals surface area contributed by atoms with Crippen molar-refractivity contribution in [1.29, 1.82) is 5.26 Å². The molecule has 34 heavy (non-hydrogen) atoms. The Kier molecular flexibility index (Phi) is 7.26. The van der Waals surface area contributed by atoms with Crippen LogP contribution in [0.15, 0.2) is 4.52 Å². The van der Waals surface area contributed by atoms with E-state index in [1.807, 2.05) is 26.8 Å². The van der Waals surface area contributed by atoms with Crippen molar-refractivity contribution in [2.75, 3.05) is 19.0 Å². The summed E-state index contributed by atoms with van der Waals surface area (Å²) < 4.78 is 51.4. The van der Waals surface area contributed by atoms with Crippen LogP contribution in [0.4, 0.5) is 4.39 Å². The summed E-state index contributed by atoms with van der Waals surface area (Å²) in [6, 6.07) is 0.702. The number of quaternary nitrogens is 1. The highest BCUT2D eigenvalue weighted by Crippen LogP contribution is 2.51. The molecule has 1 saturated heterocycles. The van der Waals surface area contributed by atoms with Crippen LogP contribution in [0.5, 0.6) is 0 Å². The van der Waals surface area contributed by atoms with Crippen molar-refractivity contribution in [3.05, 3.63) is 11.7 Å². The highest BCUT2D eigenvalue weighted by molar-refractivity contribution is 7.85. The lowest BCUT2D eigenvalue weighted by Crippen LogP contribution is -2.63. The fraction of sp³-hybridized carbons (Fsp3) is 0.818. The summed E-state index contributed by atoms with van der Waals surface area (Å²) in [5.74, 6) is -0.0558. The smallest absolute Gasteiger partial charge is 0.329 e. The lowest BCUT2D eigenvalue weighted by molar-refractivity contribution is -0.847. The number of aromatic nitrogens is 2. The van der Waals surface area contributed by atoms with E-state index in [0.29, 0.717) is 18.1 Å². The van der Waals surface area contributed by atoms with Crippen molar-refractivity contribution in [3.8, 4) is 6.07 Å². The fourth-order valence-corrected chi connectivity index (χ4v) is 6.46. The first-order valence-corrected chi connectivity index (χ1v) is 13.2. The number of rotatable bonds is 8. The van der Waals surface area contributed by atoms with E-state index in [0.717, 1.165) is 12.8 Å². The van der Waals surface area contributed by atoms with Crippen LogP contribution in [-0.4, -0.2) is 70.2 Å². The number of alkyl halides is 1. The van der Waals surface area contributed by atoms with Crippen LogP contribution in [0.3, 0.4) is 0 Å². The monoisotopic (exact) mass is 500 g/mol. The molecule has 1 aliphatic heterocycles. The minimum Gasteiger partial charge on any atom is -0.339 e. The second kappa shape index (κ2) is 9.26. The van der Waals surface area contributed by atoms with Gasteiger partial charge in [0.05, 0.1) is 6.42 Å². The molecule has 2 heterocycles. The summed E-state index contributed by atoms with van der Waals surface area (Å²) >= 11 is 0. The molecule has 12 heteroatoms. The predicted molar refractivity (Wildman–Crippen MR) is 120 cm³/mol. The highest BCUT2D eigenvalue weighted by atomic mass is 32.2. The van der Waals surface area contributed by atoms with E-state index in [9.17, 15) is 27.4 Å². The maximum absolute atomic E-state index is 14.2. The molecule has 0 radical (unpaired) electrons. The van der Waals surface area contributed by atoms with Gasteiger partial charge in [0.25, 0.3) is 0 Å². The molecule has 1 amide bonds. The first kappa shape index (κ1) is 26.7. The second-order valence-corrected chi connectivity index (χ2v) is 12.3. The summed E-state index contributed by atoms with van der Waals surface area (Å²) in [6.07, 6.45) is 0.486. The fourth-order valence-electron chi connectivity index (χ4n) is 5.45. The summed E-state index contributed by atoms with van der Waals surface area (Å²) in [4.78, 5) is 17.8. The van der Waals surface area contributed by atoms with Crippen molar-refractivity contribution in [3.63, 3.8) is 0 Å². The Labute approximate surface area is 200 Å². The van der Waals surface area contributed by atoms with E-state index in [-0.39, 0.29) is 30.2 Å². The van der Waals surface area contributed by atoms with Crippen LogP contribution in [0.1, 0.15) is 71.5 Å². The molecule has 3 rings (SSSR count). The Hall–Kier alpha value is -1.94. The molecule has 0 aromatic carbocycles. The van der Waals surface area contributed by atoms with Crippen LogP contribution in [0.25, 0.3) is 0 Å². The van der Waals surface area contributed by atoms with E-state index < -0.39 is 50.7 Å². The molecule has 0 spiro atoms. The van der Waals surface area contributed by atoms with Crippen LogP contribution in [0, 0.1) is 22.7 Å². The summed E-state index contributed by atoms with van der Waals surface area (Å²) in [5, 5.41) is 16.9. The molecule has 1 aromatic rings. The van der Waals surface area contributed by atoms with Crippen LogP contribution >= 0.6 is 0 Å². The van der Waals surface area contributed by atoms with E-state index in [1.165, 1.54) is 0 Å². The Morgan fingerprint density at radius 3 is 2.65 bits per heavy atom. The number of amides is 1. The lowest BCUT2D eigenvalue weighted by Gasteiger charge is -2.43. The summed E-state index contributed by atoms with van der Waals surface area (Å²) in [5.41, 5.74) is -0.779. The molecule has 2 fully saturated rings. The third kappa shape index (κ3) is 5.03. The van der Waals surface area contributed by atoms with Crippen molar-refractivity contribution in [2.45, 2.75) is 84.0 Å². The molecule has 1 unspecified atom stereocenters. The molecular formula is C22H35FN5O5S+.